The average molecular weight is 415 g/mol. The fourth-order valence-electron chi connectivity index (χ4n) is 2.39. The first-order valence-electron chi connectivity index (χ1n) is 7.93. The number of carbonyl (C=O) groups is 1. The maximum absolute atomic E-state index is 12.3. The molecular weight excluding hydrogens is 395 g/mol. The van der Waals surface area contributed by atoms with Gasteiger partial charge in [-0.2, -0.15) is 0 Å². The van der Waals surface area contributed by atoms with Crippen LogP contribution in [0, 0.1) is 0 Å². The smallest absolute Gasteiger partial charge is 0.240 e. The van der Waals surface area contributed by atoms with Gasteiger partial charge in [0.1, 0.15) is 6.54 Å². The molecule has 0 bridgehead atoms. The van der Waals surface area contributed by atoms with Crippen molar-refractivity contribution < 1.29 is 13.2 Å². The molecule has 140 valence electrons. The molecule has 2 rings (SSSR count). The molecule has 1 atom stereocenters. The fourth-order valence-corrected chi connectivity index (χ4v) is 3.53. The Morgan fingerprint density at radius 3 is 2.35 bits per heavy atom. The largest absolute Gasteiger partial charge is 0.354 e. The molecule has 8 heteroatoms. The monoisotopic (exact) mass is 414 g/mol. The summed E-state index contributed by atoms with van der Waals surface area (Å²) in [4.78, 5) is 12.3. The van der Waals surface area contributed by atoms with E-state index in [0.717, 1.165) is 16.1 Å². The molecule has 0 radical (unpaired) electrons. The summed E-state index contributed by atoms with van der Waals surface area (Å²) in [5, 5.41) is 3.30. The molecule has 0 aliphatic carbocycles. The number of benzene rings is 2. The third kappa shape index (κ3) is 5.62. The number of nitrogens with zero attached hydrogens (tertiary/aromatic N) is 1. The molecule has 0 saturated heterocycles. The van der Waals surface area contributed by atoms with Crippen molar-refractivity contribution in [2.45, 2.75) is 12.8 Å². The van der Waals surface area contributed by atoms with Crippen LogP contribution in [0.25, 0.3) is 0 Å². The Bertz CT molecular complexity index is 873. The first-order valence-corrected chi connectivity index (χ1v) is 10.5. The van der Waals surface area contributed by atoms with Crippen LogP contribution in [0.15, 0.2) is 48.5 Å². The Labute approximate surface area is 164 Å². The first kappa shape index (κ1) is 20.6. The van der Waals surface area contributed by atoms with Crippen LogP contribution in [-0.4, -0.2) is 33.7 Å². The third-order valence-electron chi connectivity index (χ3n) is 3.85. The number of rotatable bonds is 7. The van der Waals surface area contributed by atoms with E-state index in [4.69, 9.17) is 23.2 Å². The lowest BCUT2D eigenvalue weighted by atomic mass is 10.0. The summed E-state index contributed by atoms with van der Waals surface area (Å²) < 4.78 is 25.2. The summed E-state index contributed by atoms with van der Waals surface area (Å²) in [6.45, 7) is 2.06. The normalized spacial score (nSPS) is 12.5. The van der Waals surface area contributed by atoms with Gasteiger partial charge in [-0.05, 0) is 29.7 Å². The summed E-state index contributed by atoms with van der Waals surface area (Å²) in [6, 6.07) is 14.2. The van der Waals surface area contributed by atoms with E-state index in [1.54, 1.807) is 0 Å². The van der Waals surface area contributed by atoms with Gasteiger partial charge < -0.3 is 5.32 Å². The minimum absolute atomic E-state index is 0.108. The van der Waals surface area contributed by atoms with Crippen LogP contribution in [0.4, 0.5) is 5.69 Å². The molecule has 0 spiro atoms. The van der Waals surface area contributed by atoms with Crippen molar-refractivity contribution in [2.75, 3.05) is 23.7 Å². The molecule has 1 N–H and O–H groups in total. The highest BCUT2D eigenvalue weighted by molar-refractivity contribution is 7.92. The number of hydrogen-bond donors (Lipinski definition) is 1. The Hall–Kier alpha value is -1.76. The molecule has 0 saturated carbocycles. The van der Waals surface area contributed by atoms with E-state index in [-0.39, 0.29) is 23.2 Å². The minimum atomic E-state index is -3.66. The standard InChI is InChI=1S/C18H20Cl2N2O3S/c1-13(14-6-4-3-5-7-14)11-21-18(23)12-22(26(2,24)25)15-8-9-16(19)17(20)10-15/h3-10,13H,11-12H2,1-2H3,(H,21,23). The number of hydrogen-bond acceptors (Lipinski definition) is 3. The van der Waals surface area contributed by atoms with Crippen LogP contribution in [0.1, 0.15) is 18.4 Å². The molecule has 0 aliphatic heterocycles. The highest BCUT2D eigenvalue weighted by Gasteiger charge is 2.21. The van der Waals surface area contributed by atoms with E-state index in [1.807, 2.05) is 37.3 Å². The number of halogens is 2. The van der Waals surface area contributed by atoms with Crippen molar-refractivity contribution in [1.29, 1.82) is 0 Å². The molecule has 0 heterocycles. The summed E-state index contributed by atoms with van der Waals surface area (Å²) in [5.74, 6) is -0.291. The lowest BCUT2D eigenvalue weighted by Crippen LogP contribution is -2.41. The van der Waals surface area contributed by atoms with Crippen LogP contribution in [0.5, 0.6) is 0 Å². The zero-order valence-corrected chi connectivity index (χ0v) is 16.8. The van der Waals surface area contributed by atoms with Gasteiger partial charge >= 0.3 is 0 Å². The lowest BCUT2D eigenvalue weighted by Gasteiger charge is -2.23. The number of carbonyl (C=O) groups excluding carboxylic acids is 1. The summed E-state index contributed by atoms with van der Waals surface area (Å²) >= 11 is 11.8. The number of amides is 1. The number of anilines is 1. The van der Waals surface area contributed by atoms with E-state index in [1.165, 1.54) is 18.2 Å². The topological polar surface area (TPSA) is 66.5 Å². The van der Waals surface area contributed by atoms with E-state index < -0.39 is 15.9 Å². The van der Waals surface area contributed by atoms with Crippen molar-refractivity contribution in [2.24, 2.45) is 0 Å². The molecule has 0 aromatic heterocycles. The van der Waals surface area contributed by atoms with Crippen molar-refractivity contribution >= 4 is 44.8 Å². The maximum Gasteiger partial charge on any atom is 0.240 e. The molecule has 2 aromatic carbocycles. The van der Waals surface area contributed by atoms with Crippen LogP contribution in [-0.2, 0) is 14.8 Å². The fraction of sp³-hybridized carbons (Fsp3) is 0.278. The Kier molecular flexibility index (Phi) is 6.92. The number of nitrogens with one attached hydrogen (secondary N) is 1. The average Bonchev–Trinajstić information content (AvgIpc) is 2.60. The van der Waals surface area contributed by atoms with Gasteiger partial charge in [0.05, 0.1) is 22.0 Å². The summed E-state index contributed by atoms with van der Waals surface area (Å²) in [6.07, 6.45) is 1.04. The highest BCUT2D eigenvalue weighted by atomic mass is 35.5. The quantitative estimate of drug-likeness (QED) is 0.750. The van der Waals surface area contributed by atoms with Gasteiger partial charge in [0.25, 0.3) is 0 Å². The summed E-state index contributed by atoms with van der Waals surface area (Å²) in [5.41, 5.74) is 1.38. The van der Waals surface area contributed by atoms with Crippen molar-refractivity contribution in [3.05, 3.63) is 64.1 Å². The second-order valence-corrected chi connectivity index (χ2v) is 8.71. The Balaban J connectivity index is 2.06. The Morgan fingerprint density at radius 1 is 1.12 bits per heavy atom. The van der Waals surface area contributed by atoms with Crippen molar-refractivity contribution in [3.8, 4) is 0 Å². The van der Waals surface area contributed by atoms with Gasteiger partial charge in [0.2, 0.25) is 15.9 Å². The molecule has 2 aromatic rings. The van der Waals surface area contributed by atoms with Crippen LogP contribution < -0.4 is 9.62 Å². The van der Waals surface area contributed by atoms with Crippen LogP contribution >= 0.6 is 23.2 Å². The van der Waals surface area contributed by atoms with Gasteiger partial charge in [-0.1, -0.05) is 60.5 Å². The second-order valence-electron chi connectivity index (χ2n) is 5.98. The van der Waals surface area contributed by atoms with Crippen molar-refractivity contribution in [1.82, 2.24) is 5.32 Å². The zero-order chi connectivity index (χ0) is 19.3. The Morgan fingerprint density at radius 2 is 1.77 bits per heavy atom. The summed E-state index contributed by atoms with van der Waals surface area (Å²) in [7, 11) is -3.66. The van der Waals surface area contributed by atoms with Crippen LogP contribution in [0.3, 0.4) is 0 Å². The number of sulfonamides is 1. The third-order valence-corrected chi connectivity index (χ3v) is 5.73. The molecule has 1 amide bonds. The SMILES string of the molecule is CC(CNC(=O)CN(c1ccc(Cl)c(Cl)c1)S(C)(=O)=O)c1ccccc1. The zero-order valence-electron chi connectivity index (χ0n) is 14.4. The molecule has 5 nitrogen and oxygen atoms in total. The van der Waals surface area contributed by atoms with E-state index in [9.17, 15) is 13.2 Å². The van der Waals surface area contributed by atoms with Gasteiger partial charge in [-0.25, -0.2) is 8.42 Å². The first-order chi connectivity index (χ1) is 12.2. The predicted molar refractivity (Wildman–Crippen MR) is 107 cm³/mol. The molecule has 0 aliphatic rings. The van der Waals surface area contributed by atoms with Gasteiger partial charge in [-0.3, -0.25) is 9.10 Å². The second kappa shape index (κ2) is 8.75. The van der Waals surface area contributed by atoms with Crippen LogP contribution in [0.2, 0.25) is 10.0 Å². The molecular formula is C18H20Cl2N2O3S. The lowest BCUT2D eigenvalue weighted by molar-refractivity contribution is -0.119. The predicted octanol–water partition coefficient (Wildman–Crippen LogP) is 3.68. The van der Waals surface area contributed by atoms with Crippen molar-refractivity contribution in [3.63, 3.8) is 0 Å². The van der Waals surface area contributed by atoms with Gasteiger partial charge in [-0.15, -0.1) is 0 Å². The molecule has 0 fully saturated rings. The van der Waals surface area contributed by atoms with Gasteiger partial charge in [0, 0.05) is 6.54 Å². The highest BCUT2D eigenvalue weighted by Crippen LogP contribution is 2.28. The van der Waals surface area contributed by atoms with E-state index >= 15 is 0 Å². The van der Waals surface area contributed by atoms with E-state index in [0.29, 0.717) is 11.6 Å². The minimum Gasteiger partial charge on any atom is -0.354 e. The van der Waals surface area contributed by atoms with Gasteiger partial charge in [0.15, 0.2) is 0 Å². The van der Waals surface area contributed by atoms with E-state index in [2.05, 4.69) is 5.32 Å². The molecule has 26 heavy (non-hydrogen) atoms. The molecule has 1 unspecified atom stereocenters. The maximum atomic E-state index is 12.3.